The van der Waals surface area contributed by atoms with Gasteiger partial charge in [0.15, 0.2) is 0 Å². The standard InChI is InChI=1S/C9H18N2O5S/c1-16-5-3-7(8(12)13)11-9(14)10-4-6-17(2)15/h7H,3-6H2,1-2H3,(H,12,13)(H2,10,11,14). The highest BCUT2D eigenvalue weighted by molar-refractivity contribution is 7.84. The third kappa shape index (κ3) is 8.64. The van der Waals surface area contributed by atoms with E-state index in [1.807, 2.05) is 0 Å². The van der Waals surface area contributed by atoms with E-state index in [0.29, 0.717) is 5.75 Å². The number of carboxylic acid groups (broad SMARTS) is 1. The molecule has 2 unspecified atom stereocenters. The van der Waals surface area contributed by atoms with Crippen molar-refractivity contribution in [1.29, 1.82) is 0 Å². The van der Waals surface area contributed by atoms with Gasteiger partial charge in [0.1, 0.15) is 6.04 Å². The van der Waals surface area contributed by atoms with Crippen LogP contribution in [0.5, 0.6) is 0 Å². The molecule has 0 saturated carbocycles. The Bertz CT molecular complexity index is 285. The average molecular weight is 266 g/mol. The molecule has 0 heterocycles. The summed E-state index contributed by atoms with van der Waals surface area (Å²) in [5.74, 6) is -0.778. The number of urea groups is 1. The van der Waals surface area contributed by atoms with Crippen molar-refractivity contribution >= 4 is 22.8 Å². The van der Waals surface area contributed by atoms with Crippen LogP contribution in [-0.4, -0.2) is 59.6 Å². The van der Waals surface area contributed by atoms with Crippen molar-refractivity contribution in [2.75, 3.05) is 32.3 Å². The van der Waals surface area contributed by atoms with Gasteiger partial charge in [0.2, 0.25) is 0 Å². The summed E-state index contributed by atoms with van der Waals surface area (Å²) in [4.78, 5) is 22.1. The molecule has 0 rings (SSSR count). The van der Waals surface area contributed by atoms with Gasteiger partial charge in [-0.3, -0.25) is 4.21 Å². The normalized spacial score (nSPS) is 13.8. The van der Waals surface area contributed by atoms with Crippen molar-refractivity contribution in [3.8, 4) is 0 Å². The van der Waals surface area contributed by atoms with E-state index in [9.17, 15) is 13.8 Å². The summed E-state index contributed by atoms with van der Waals surface area (Å²) in [5.41, 5.74) is 0. The molecule has 100 valence electrons. The maximum Gasteiger partial charge on any atom is 0.326 e. The number of aliphatic carboxylic acids is 1. The molecule has 0 aliphatic rings. The molecule has 0 aromatic rings. The van der Waals surface area contributed by atoms with E-state index >= 15 is 0 Å². The molecule has 7 nitrogen and oxygen atoms in total. The van der Waals surface area contributed by atoms with Crippen LogP contribution < -0.4 is 10.6 Å². The van der Waals surface area contributed by atoms with Crippen molar-refractivity contribution in [3.05, 3.63) is 0 Å². The minimum Gasteiger partial charge on any atom is -0.480 e. The van der Waals surface area contributed by atoms with Gasteiger partial charge in [-0.1, -0.05) is 0 Å². The number of nitrogens with one attached hydrogen (secondary N) is 2. The summed E-state index contributed by atoms with van der Waals surface area (Å²) in [6, 6.07) is -1.57. The maximum atomic E-state index is 11.3. The molecule has 17 heavy (non-hydrogen) atoms. The predicted octanol–water partition coefficient (Wildman–Crippen LogP) is -0.846. The molecule has 3 N–H and O–H groups in total. The number of methoxy groups -OCH3 is 1. The predicted molar refractivity (Wildman–Crippen MR) is 63.4 cm³/mol. The number of carbonyl (C=O) groups excluding carboxylic acids is 1. The van der Waals surface area contributed by atoms with Gasteiger partial charge in [-0.2, -0.15) is 0 Å². The molecule has 2 atom stereocenters. The van der Waals surface area contributed by atoms with Crippen LogP contribution in [0.1, 0.15) is 6.42 Å². The van der Waals surface area contributed by atoms with Gasteiger partial charge in [0.05, 0.1) is 0 Å². The van der Waals surface area contributed by atoms with E-state index < -0.39 is 28.8 Å². The fourth-order valence-electron chi connectivity index (χ4n) is 1.01. The fourth-order valence-corrected chi connectivity index (χ4v) is 1.40. The first kappa shape index (κ1) is 15.9. The van der Waals surface area contributed by atoms with Gasteiger partial charge in [-0.25, -0.2) is 9.59 Å². The highest BCUT2D eigenvalue weighted by Gasteiger charge is 2.19. The Balaban J connectivity index is 3.95. The van der Waals surface area contributed by atoms with Crippen LogP contribution >= 0.6 is 0 Å². The molecular weight excluding hydrogens is 248 g/mol. The minimum atomic E-state index is -1.11. The number of carboxylic acids is 1. The molecular formula is C9H18N2O5S. The lowest BCUT2D eigenvalue weighted by Crippen LogP contribution is -2.47. The van der Waals surface area contributed by atoms with Crippen molar-refractivity contribution in [1.82, 2.24) is 10.6 Å². The van der Waals surface area contributed by atoms with Crippen LogP contribution in [0, 0.1) is 0 Å². The summed E-state index contributed by atoms with van der Waals surface area (Å²) in [7, 11) is 0.467. The second kappa shape index (κ2) is 8.94. The number of carbonyl (C=O) groups is 2. The number of amides is 2. The smallest absolute Gasteiger partial charge is 0.326 e. The van der Waals surface area contributed by atoms with E-state index in [4.69, 9.17) is 9.84 Å². The quantitative estimate of drug-likeness (QED) is 0.531. The average Bonchev–Trinajstić information content (AvgIpc) is 2.23. The first-order valence-electron chi connectivity index (χ1n) is 5.03. The van der Waals surface area contributed by atoms with Crippen molar-refractivity contribution in [3.63, 3.8) is 0 Å². The first-order chi connectivity index (χ1) is 7.97. The van der Waals surface area contributed by atoms with Crippen LogP contribution in [0.25, 0.3) is 0 Å². The van der Waals surface area contributed by atoms with E-state index in [2.05, 4.69) is 10.6 Å². The lowest BCUT2D eigenvalue weighted by Gasteiger charge is -2.14. The summed E-state index contributed by atoms with van der Waals surface area (Å²) in [6.45, 7) is 0.488. The third-order valence-electron chi connectivity index (χ3n) is 1.89. The number of hydrogen-bond donors (Lipinski definition) is 3. The van der Waals surface area contributed by atoms with Crippen LogP contribution in [0.2, 0.25) is 0 Å². The summed E-state index contributed by atoms with van der Waals surface area (Å²) in [5, 5.41) is 13.5. The van der Waals surface area contributed by atoms with Crippen molar-refractivity contribution in [2.45, 2.75) is 12.5 Å². The van der Waals surface area contributed by atoms with Crippen LogP contribution in [0.15, 0.2) is 0 Å². The van der Waals surface area contributed by atoms with Gasteiger partial charge in [0.25, 0.3) is 0 Å². The zero-order chi connectivity index (χ0) is 13.3. The minimum absolute atomic E-state index is 0.193. The van der Waals surface area contributed by atoms with E-state index in [0.717, 1.165) is 0 Å². The van der Waals surface area contributed by atoms with Gasteiger partial charge in [0, 0.05) is 49.5 Å². The molecule has 0 spiro atoms. The summed E-state index contributed by atoms with van der Waals surface area (Å²) >= 11 is 0. The lowest BCUT2D eigenvalue weighted by molar-refractivity contribution is -0.139. The molecule has 2 amide bonds. The van der Waals surface area contributed by atoms with Crippen LogP contribution in [0.3, 0.4) is 0 Å². The SMILES string of the molecule is COCCC(NC(=O)NCCS(C)=O)C(=O)O. The summed E-state index contributed by atoms with van der Waals surface area (Å²) in [6.07, 6.45) is 1.72. The zero-order valence-electron chi connectivity index (χ0n) is 9.89. The van der Waals surface area contributed by atoms with Gasteiger partial charge in [-0.15, -0.1) is 0 Å². The number of hydrogen-bond acceptors (Lipinski definition) is 4. The Morgan fingerprint density at radius 1 is 1.47 bits per heavy atom. The molecule has 0 radical (unpaired) electrons. The topological polar surface area (TPSA) is 105 Å². The number of rotatable bonds is 8. The monoisotopic (exact) mass is 266 g/mol. The Morgan fingerprint density at radius 2 is 2.12 bits per heavy atom. The molecule has 0 fully saturated rings. The molecule has 0 aromatic carbocycles. The lowest BCUT2D eigenvalue weighted by atomic mass is 10.2. The first-order valence-corrected chi connectivity index (χ1v) is 6.76. The van der Waals surface area contributed by atoms with Gasteiger partial charge < -0.3 is 20.5 Å². The Morgan fingerprint density at radius 3 is 2.59 bits per heavy atom. The van der Waals surface area contributed by atoms with Crippen molar-refractivity contribution < 1.29 is 23.6 Å². The highest BCUT2D eigenvalue weighted by Crippen LogP contribution is 1.92. The Hall–Kier alpha value is -1.15. The maximum absolute atomic E-state index is 11.3. The second-order valence-electron chi connectivity index (χ2n) is 3.35. The second-order valence-corrected chi connectivity index (χ2v) is 4.90. The van der Waals surface area contributed by atoms with E-state index in [-0.39, 0.29) is 19.6 Å². The largest absolute Gasteiger partial charge is 0.480 e. The molecule has 0 bridgehead atoms. The van der Waals surface area contributed by atoms with Gasteiger partial charge >= 0.3 is 12.0 Å². The molecule has 0 saturated heterocycles. The molecule has 0 aromatic heterocycles. The molecule has 8 heteroatoms. The van der Waals surface area contributed by atoms with Crippen LogP contribution in [0.4, 0.5) is 4.79 Å². The third-order valence-corrected chi connectivity index (χ3v) is 2.67. The van der Waals surface area contributed by atoms with Crippen LogP contribution in [-0.2, 0) is 20.3 Å². The zero-order valence-corrected chi connectivity index (χ0v) is 10.7. The molecule has 0 aliphatic carbocycles. The number of ether oxygens (including phenoxy) is 1. The van der Waals surface area contributed by atoms with Crippen molar-refractivity contribution in [2.24, 2.45) is 0 Å². The highest BCUT2D eigenvalue weighted by atomic mass is 32.2. The Kier molecular flexibility index (Phi) is 8.34. The van der Waals surface area contributed by atoms with E-state index in [1.54, 1.807) is 0 Å². The fraction of sp³-hybridized carbons (Fsp3) is 0.778. The van der Waals surface area contributed by atoms with Gasteiger partial charge in [-0.05, 0) is 0 Å². The Labute approximate surface area is 102 Å². The summed E-state index contributed by atoms with van der Waals surface area (Å²) < 4.78 is 15.5. The molecule has 0 aliphatic heterocycles. The van der Waals surface area contributed by atoms with E-state index in [1.165, 1.54) is 13.4 Å².